The lowest BCUT2D eigenvalue weighted by molar-refractivity contribution is 0.685. The number of benzene rings is 2. The molecule has 0 amide bonds. The van der Waals surface area contributed by atoms with Crippen molar-refractivity contribution in [1.82, 2.24) is 0 Å². The molecule has 0 radical (unpaired) electrons. The van der Waals surface area contributed by atoms with Crippen LogP contribution in [0.5, 0.6) is 0 Å². The first-order valence-corrected chi connectivity index (χ1v) is 8.68. The molecule has 0 aliphatic heterocycles. The summed E-state index contributed by atoms with van der Waals surface area (Å²) in [4.78, 5) is 0. The summed E-state index contributed by atoms with van der Waals surface area (Å²) < 4.78 is 0. The average molecular weight is 288 g/mol. The van der Waals surface area contributed by atoms with Crippen molar-refractivity contribution >= 4 is 5.57 Å². The van der Waals surface area contributed by atoms with Gasteiger partial charge in [0.25, 0.3) is 0 Å². The van der Waals surface area contributed by atoms with Crippen molar-refractivity contribution in [2.75, 3.05) is 0 Å². The molecule has 0 saturated heterocycles. The number of rotatable bonds is 2. The van der Waals surface area contributed by atoms with Crippen molar-refractivity contribution in [2.45, 2.75) is 51.4 Å². The van der Waals surface area contributed by atoms with Gasteiger partial charge in [0.05, 0.1) is 0 Å². The topological polar surface area (TPSA) is 0 Å². The Balaban J connectivity index is 1.57. The van der Waals surface area contributed by atoms with Crippen LogP contribution < -0.4 is 0 Å². The normalized spacial score (nSPS) is 20.6. The molecule has 0 bridgehead atoms. The number of allylic oxidation sites excluding steroid dienone is 2. The summed E-state index contributed by atoms with van der Waals surface area (Å²) in [5, 5.41) is 0. The van der Waals surface area contributed by atoms with Crippen LogP contribution in [0.25, 0.3) is 5.57 Å². The van der Waals surface area contributed by atoms with Gasteiger partial charge in [-0.25, -0.2) is 0 Å². The fraction of sp³-hybridized carbons (Fsp3) is 0.364. The van der Waals surface area contributed by atoms with Gasteiger partial charge in [-0.05, 0) is 84.8 Å². The summed E-state index contributed by atoms with van der Waals surface area (Å²) in [6.45, 7) is 2.24. The Kier molecular flexibility index (Phi) is 3.62. The van der Waals surface area contributed by atoms with Crippen molar-refractivity contribution in [2.24, 2.45) is 0 Å². The van der Waals surface area contributed by atoms with Gasteiger partial charge < -0.3 is 0 Å². The zero-order chi connectivity index (χ0) is 14.9. The monoisotopic (exact) mass is 288 g/mol. The number of hydrogen-bond acceptors (Lipinski definition) is 0. The fourth-order valence-electron chi connectivity index (χ4n) is 4.17. The predicted octanol–water partition coefficient (Wildman–Crippen LogP) is 5.83. The van der Waals surface area contributed by atoms with E-state index in [9.17, 15) is 0 Å². The quantitative estimate of drug-likeness (QED) is 0.651. The molecule has 22 heavy (non-hydrogen) atoms. The van der Waals surface area contributed by atoms with Gasteiger partial charge in [0.15, 0.2) is 0 Å². The molecule has 2 aliphatic carbocycles. The third kappa shape index (κ3) is 2.52. The minimum Gasteiger partial charge on any atom is -0.0801 e. The standard InChI is InChI=1S/C22H24/c1-16-6-2-5-9-22(16)21-13-12-20(15-21)19-11-10-17-7-3-4-8-18(17)14-19/h2,5-6,9-12,14,21H,3-4,7-8,13,15H2,1H3. The minimum absolute atomic E-state index is 0.673. The summed E-state index contributed by atoms with van der Waals surface area (Å²) >= 11 is 0. The Morgan fingerprint density at radius 3 is 2.59 bits per heavy atom. The second kappa shape index (κ2) is 5.76. The second-order valence-electron chi connectivity index (χ2n) is 6.91. The van der Waals surface area contributed by atoms with E-state index in [1.165, 1.54) is 55.2 Å². The zero-order valence-electron chi connectivity index (χ0n) is 13.4. The molecule has 0 saturated carbocycles. The van der Waals surface area contributed by atoms with Gasteiger partial charge in [-0.2, -0.15) is 0 Å². The van der Waals surface area contributed by atoms with Gasteiger partial charge in [-0.3, -0.25) is 0 Å². The Hall–Kier alpha value is -1.82. The van der Waals surface area contributed by atoms with E-state index in [4.69, 9.17) is 0 Å². The van der Waals surface area contributed by atoms with Crippen LogP contribution in [-0.4, -0.2) is 0 Å². The number of aryl methyl sites for hydroxylation is 3. The van der Waals surface area contributed by atoms with E-state index in [0.29, 0.717) is 5.92 Å². The van der Waals surface area contributed by atoms with Crippen LogP contribution in [0.3, 0.4) is 0 Å². The van der Waals surface area contributed by atoms with E-state index in [-0.39, 0.29) is 0 Å². The lowest BCUT2D eigenvalue weighted by Crippen LogP contribution is -2.03. The molecule has 1 unspecified atom stereocenters. The van der Waals surface area contributed by atoms with Gasteiger partial charge in [-0.15, -0.1) is 0 Å². The fourth-order valence-corrected chi connectivity index (χ4v) is 4.17. The molecule has 112 valence electrons. The van der Waals surface area contributed by atoms with Crippen molar-refractivity contribution < 1.29 is 0 Å². The van der Waals surface area contributed by atoms with Crippen LogP contribution in [-0.2, 0) is 12.8 Å². The second-order valence-corrected chi connectivity index (χ2v) is 6.91. The maximum absolute atomic E-state index is 2.47. The summed E-state index contributed by atoms with van der Waals surface area (Å²) in [6, 6.07) is 16.1. The Labute approximate surface area is 133 Å². The van der Waals surface area contributed by atoms with Crippen molar-refractivity contribution in [3.05, 3.63) is 76.4 Å². The summed E-state index contributed by atoms with van der Waals surface area (Å²) in [5.41, 5.74) is 9.19. The van der Waals surface area contributed by atoms with Crippen LogP contribution >= 0.6 is 0 Å². The van der Waals surface area contributed by atoms with Gasteiger partial charge in [0, 0.05) is 0 Å². The summed E-state index contributed by atoms with van der Waals surface area (Å²) in [7, 11) is 0. The van der Waals surface area contributed by atoms with E-state index in [1.54, 1.807) is 16.7 Å². The van der Waals surface area contributed by atoms with E-state index in [0.717, 1.165) is 0 Å². The predicted molar refractivity (Wildman–Crippen MR) is 94.2 cm³/mol. The van der Waals surface area contributed by atoms with Crippen molar-refractivity contribution in [3.8, 4) is 0 Å². The highest BCUT2D eigenvalue weighted by molar-refractivity contribution is 5.70. The molecular weight excluding hydrogens is 264 g/mol. The summed E-state index contributed by atoms with van der Waals surface area (Å²) in [5.74, 6) is 0.673. The Bertz CT molecular complexity index is 721. The molecule has 0 spiro atoms. The van der Waals surface area contributed by atoms with E-state index in [1.807, 2.05) is 0 Å². The molecule has 0 fully saturated rings. The molecule has 0 heterocycles. The third-order valence-electron chi connectivity index (χ3n) is 5.46. The zero-order valence-corrected chi connectivity index (χ0v) is 13.4. The van der Waals surface area contributed by atoms with E-state index >= 15 is 0 Å². The van der Waals surface area contributed by atoms with E-state index in [2.05, 4.69) is 55.5 Å². The number of fused-ring (bicyclic) bond motifs is 1. The molecule has 2 aromatic carbocycles. The van der Waals surface area contributed by atoms with Crippen LogP contribution in [0, 0.1) is 6.92 Å². The first-order chi connectivity index (χ1) is 10.8. The highest BCUT2D eigenvalue weighted by Gasteiger charge is 2.21. The lowest BCUT2D eigenvalue weighted by atomic mass is 9.87. The van der Waals surface area contributed by atoms with Crippen molar-refractivity contribution in [1.29, 1.82) is 0 Å². The molecule has 0 nitrogen and oxygen atoms in total. The lowest BCUT2D eigenvalue weighted by Gasteiger charge is -2.18. The molecule has 0 aromatic heterocycles. The van der Waals surface area contributed by atoms with E-state index < -0.39 is 0 Å². The van der Waals surface area contributed by atoms with Gasteiger partial charge >= 0.3 is 0 Å². The maximum Gasteiger partial charge on any atom is -0.00840 e. The van der Waals surface area contributed by atoms with Crippen molar-refractivity contribution in [3.63, 3.8) is 0 Å². The molecule has 4 rings (SSSR count). The molecule has 0 N–H and O–H groups in total. The maximum atomic E-state index is 2.47. The third-order valence-corrected chi connectivity index (χ3v) is 5.46. The van der Waals surface area contributed by atoms with Crippen LogP contribution in [0.2, 0.25) is 0 Å². The first-order valence-electron chi connectivity index (χ1n) is 8.68. The van der Waals surface area contributed by atoms with Crippen LogP contribution in [0.15, 0.2) is 48.5 Å². The summed E-state index contributed by atoms with van der Waals surface area (Å²) in [6.07, 6.45) is 10.1. The minimum atomic E-state index is 0.673. The van der Waals surface area contributed by atoms with Gasteiger partial charge in [0.1, 0.15) is 0 Å². The SMILES string of the molecule is Cc1ccccc1C1CC=C(c2ccc3c(c2)CCCC3)C1. The molecule has 2 aliphatic rings. The van der Waals surface area contributed by atoms with Gasteiger partial charge in [0.2, 0.25) is 0 Å². The Morgan fingerprint density at radius 2 is 1.73 bits per heavy atom. The van der Waals surface area contributed by atoms with Crippen LogP contribution in [0.4, 0.5) is 0 Å². The molecular formula is C22H24. The first kappa shape index (κ1) is 13.8. The van der Waals surface area contributed by atoms with Crippen LogP contribution in [0.1, 0.15) is 59.4 Å². The highest BCUT2D eigenvalue weighted by atomic mass is 14.3. The Morgan fingerprint density at radius 1 is 0.909 bits per heavy atom. The smallest absolute Gasteiger partial charge is 0.00840 e. The molecule has 1 atom stereocenters. The number of hydrogen-bond donors (Lipinski definition) is 0. The average Bonchev–Trinajstić information content (AvgIpc) is 3.04. The molecule has 2 aromatic rings. The van der Waals surface area contributed by atoms with Gasteiger partial charge in [-0.1, -0.05) is 48.5 Å². The molecule has 0 heteroatoms. The highest BCUT2D eigenvalue weighted by Crippen LogP contribution is 2.40. The largest absolute Gasteiger partial charge is 0.0801 e.